The molecule has 0 aliphatic rings. The molecule has 1 N–H and O–H groups in total. The van der Waals surface area contributed by atoms with Crippen LogP contribution < -0.4 is 5.32 Å². The Morgan fingerprint density at radius 2 is 2.00 bits per heavy atom. The van der Waals surface area contributed by atoms with E-state index < -0.39 is 5.41 Å². The number of unbranched alkanes of at least 4 members (excludes halogenated alkanes) is 2. The van der Waals surface area contributed by atoms with Crippen LogP contribution >= 0.6 is 0 Å². The van der Waals surface area contributed by atoms with E-state index in [2.05, 4.69) is 12.2 Å². The molecule has 0 aromatic heterocycles. The first-order valence-electron chi connectivity index (χ1n) is 5.33. The molecule has 0 radical (unpaired) electrons. The van der Waals surface area contributed by atoms with Crippen LogP contribution in [0.25, 0.3) is 0 Å². The molecule has 0 bridgehead atoms. The normalized spacial score (nSPS) is 11.4. The summed E-state index contributed by atoms with van der Waals surface area (Å²) in [5, 5.41) is 3.27. The summed E-state index contributed by atoms with van der Waals surface area (Å²) in [5.74, 6) is -0.152. The molecule has 0 atom stereocenters. The number of hydrogen-bond acceptors (Lipinski definition) is 3. The second-order valence-electron chi connectivity index (χ2n) is 4.26. The van der Waals surface area contributed by atoms with Crippen molar-refractivity contribution in [1.82, 2.24) is 5.32 Å². The van der Waals surface area contributed by atoms with Crippen molar-refractivity contribution in [2.75, 3.05) is 20.2 Å². The maximum absolute atomic E-state index is 11.3. The molecule has 14 heavy (non-hydrogen) atoms. The number of carbonyl (C=O) groups excluding carboxylic acids is 1. The Labute approximate surface area is 87.2 Å². The summed E-state index contributed by atoms with van der Waals surface area (Å²) in [4.78, 5) is 11.3. The second-order valence-corrected chi connectivity index (χ2v) is 4.26. The van der Waals surface area contributed by atoms with E-state index in [1.165, 1.54) is 26.4 Å². The van der Waals surface area contributed by atoms with Gasteiger partial charge in [0.15, 0.2) is 0 Å². The molecular formula is C11H23NO2. The van der Waals surface area contributed by atoms with Gasteiger partial charge in [-0.2, -0.15) is 0 Å². The number of rotatable bonds is 7. The first kappa shape index (κ1) is 13.4. The van der Waals surface area contributed by atoms with Crippen LogP contribution in [0.1, 0.15) is 40.0 Å². The smallest absolute Gasteiger partial charge is 0.312 e. The lowest BCUT2D eigenvalue weighted by atomic mass is 9.94. The number of carbonyl (C=O) groups is 1. The Hall–Kier alpha value is -0.570. The molecule has 0 aliphatic heterocycles. The Kier molecular flexibility index (Phi) is 6.54. The first-order valence-corrected chi connectivity index (χ1v) is 5.33. The topological polar surface area (TPSA) is 38.3 Å². The molecule has 0 aromatic carbocycles. The average Bonchev–Trinajstić information content (AvgIpc) is 2.16. The van der Waals surface area contributed by atoms with Gasteiger partial charge in [0.25, 0.3) is 0 Å². The maximum Gasteiger partial charge on any atom is 0.312 e. The minimum Gasteiger partial charge on any atom is -0.469 e. The van der Waals surface area contributed by atoms with Gasteiger partial charge in [0.05, 0.1) is 12.5 Å². The highest BCUT2D eigenvalue weighted by atomic mass is 16.5. The van der Waals surface area contributed by atoms with E-state index in [1.54, 1.807) is 0 Å². The predicted molar refractivity (Wildman–Crippen MR) is 58.2 cm³/mol. The minimum absolute atomic E-state index is 0.152. The van der Waals surface area contributed by atoms with Crippen LogP contribution in [-0.2, 0) is 9.53 Å². The molecule has 0 saturated carbocycles. The van der Waals surface area contributed by atoms with E-state index in [1.807, 2.05) is 13.8 Å². The molecule has 0 amide bonds. The largest absolute Gasteiger partial charge is 0.469 e. The fraction of sp³-hybridized carbons (Fsp3) is 0.909. The molecule has 0 aliphatic carbocycles. The van der Waals surface area contributed by atoms with E-state index >= 15 is 0 Å². The Morgan fingerprint density at radius 1 is 1.36 bits per heavy atom. The zero-order valence-corrected chi connectivity index (χ0v) is 9.85. The molecule has 3 nitrogen and oxygen atoms in total. The van der Waals surface area contributed by atoms with Gasteiger partial charge in [-0.25, -0.2) is 0 Å². The lowest BCUT2D eigenvalue weighted by Crippen LogP contribution is -2.37. The van der Waals surface area contributed by atoms with Crippen LogP contribution in [-0.4, -0.2) is 26.2 Å². The van der Waals surface area contributed by atoms with E-state index in [0.717, 1.165) is 6.54 Å². The van der Waals surface area contributed by atoms with Crippen molar-refractivity contribution < 1.29 is 9.53 Å². The Bertz CT molecular complexity index is 167. The van der Waals surface area contributed by atoms with E-state index in [9.17, 15) is 4.79 Å². The van der Waals surface area contributed by atoms with Crippen molar-refractivity contribution in [2.24, 2.45) is 5.41 Å². The summed E-state index contributed by atoms with van der Waals surface area (Å²) in [7, 11) is 1.43. The molecule has 84 valence electrons. The van der Waals surface area contributed by atoms with Crippen LogP contribution in [0.3, 0.4) is 0 Å². The van der Waals surface area contributed by atoms with Crippen molar-refractivity contribution in [3.05, 3.63) is 0 Å². The standard InChI is InChI=1S/C11H23NO2/c1-5-6-7-8-12-9-11(2,3)10(13)14-4/h12H,5-9H2,1-4H3. The number of methoxy groups -OCH3 is 1. The lowest BCUT2D eigenvalue weighted by Gasteiger charge is -2.21. The number of ether oxygens (including phenoxy) is 1. The van der Waals surface area contributed by atoms with Gasteiger partial charge in [-0.15, -0.1) is 0 Å². The van der Waals surface area contributed by atoms with Gasteiger partial charge >= 0.3 is 5.97 Å². The minimum atomic E-state index is -0.416. The van der Waals surface area contributed by atoms with Crippen molar-refractivity contribution in [1.29, 1.82) is 0 Å². The molecule has 0 aromatic rings. The quantitative estimate of drug-likeness (QED) is 0.505. The van der Waals surface area contributed by atoms with Crippen LogP contribution in [0, 0.1) is 5.41 Å². The van der Waals surface area contributed by atoms with Gasteiger partial charge in [-0.3, -0.25) is 4.79 Å². The van der Waals surface area contributed by atoms with Crippen molar-refractivity contribution in [3.63, 3.8) is 0 Å². The Balaban J connectivity index is 3.60. The molecular weight excluding hydrogens is 178 g/mol. The summed E-state index contributed by atoms with van der Waals surface area (Å²) < 4.78 is 4.71. The highest BCUT2D eigenvalue weighted by Crippen LogP contribution is 2.15. The van der Waals surface area contributed by atoms with E-state index in [0.29, 0.717) is 6.54 Å². The van der Waals surface area contributed by atoms with E-state index in [4.69, 9.17) is 4.74 Å². The van der Waals surface area contributed by atoms with Crippen LogP contribution in [0.5, 0.6) is 0 Å². The number of esters is 1. The third-order valence-electron chi connectivity index (χ3n) is 2.26. The molecule has 3 heteroatoms. The third-order valence-corrected chi connectivity index (χ3v) is 2.26. The Morgan fingerprint density at radius 3 is 2.50 bits per heavy atom. The fourth-order valence-electron chi connectivity index (χ4n) is 1.25. The maximum atomic E-state index is 11.3. The van der Waals surface area contributed by atoms with Gasteiger partial charge in [0, 0.05) is 6.54 Å². The van der Waals surface area contributed by atoms with Gasteiger partial charge in [-0.1, -0.05) is 19.8 Å². The summed E-state index contributed by atoms with van der Waals surface area (Å²) in [6.45, 7) is 7.63. The predicted octanol–water partition coefficient (Wildman–Crippen LogP) is 1.97. The third kappa shape index (κ3) is 5.22. The molecule has 0 saturated heterocycles. The SMILES string of the molecule is CCCCCNCC(C)(C)C(=O)OC. The van der Waals surface area contributed by atoms with Gasteiger partial charge in [-0.05, 0) is 26.8 Å². The second kappa shape index (κ2) is 6.82. The van der Waals surface area contributed by atoms with Gasteiger partial charge < -0.3 is 10.1 Å². The number of nitrogens with one attached hydrogen (secondary N) is 1. The van der Waals surface area contributed by atoms with Crippen LogP contribution in [0.2, 0.25) is 0 Å². The van der Waals surface area contributed by atoms with Crippen LogP contribution in [0.15, 0.2) is 0 Å². The van der Waals surface area contributed by atoms with Crippen LogP contribution in [0.4, 0.5) is 0 Å². The highest BCUT2D eigenvalue weighted by molar-refractivity contribution is 5.75. The molecule has 0 rings (SSSR count). The summed E-state index contributed by atoms with van der Waals surface area (Å²) in [6.07, 6.45) is 3.64. The van der Waals surface area contributed by atoms with Crippen molar-refractivity contribution in [2.45, 2.75) is 40.0 Å². The molecule has 0 unspecified atom stereocenters. The summed E-state index contributed by atoms with van der Waals surface area (Å²) in [6, 6.07) is 0. The summed E-state index contributed by atoms with van der Waals surface area (Å²) in [5.41, 5.74) is -0.416. The molecule has 0 heterocycles. The monoisotopic (exact) mass is 201 g/mol. The van der Waals surface area contributed by atoms with E-state index in [-0.39, 0.29) is 5.97 Å². The average molecular weight is 201 g/mol. The van der Waals surface area contributed by atoms with Gasteiger partial charge in [0.1, 0.15) is 0 Å². The zero-order chi connectivity index (χ0) is 11.0. The molecule has 0 spiro atoms. The highest BCUT2D eigenvalue weighted by Gasteiger charge is 2.27. The fourth-order valence-corrected chi connectivity index (χ4v) is 1.25. The van der Waals surface area contributed by atoms with Gasteiger partial charge in [0.2, 0.25) is 0 Å². The number of hydrogen-bond donors (Lipinski definition) is 1. The zero-order valence-electron chi connectivity index (χ0n) is 9.85. The molecule has 0 fully saturated rings. The lowest BCUT2D eigenvalue weighted by molar-refractivity contribution is -0.150. The summed E-state index contributed by atoms with van der Waals surface area (Å²) >= 11 is 0. The van der Waals surface area contributed by atoms with Crippen molar-refractivity contribution in [3.8, 4) is 0 Å². The van der Waals surface area contributed by atoms with Crippen molar-refractivity contribution >= 4 is 5.97 Å². The first-order chi connectivity index (χ1) is 6.54.